The van der Waals surface area contributed by atoms with Crippen molar-refractivity contribution in [1.29, 1.82) is 0 Å². The van der Waals surface area contributed by atoms with Crippen LogP contribution in [0.15, 0.2) is 42.5 Å². The molecule has 0 bridgehead atoms. The number of allylic oxidation sites excluding steroid dienone is 1. The Morgan fingerprint density at radius 1 is 1.21 bits per heavy atom. The summed E-state index contributed by atoms with van der Waals surface area (Å²) in [6.07, 6.45) is 7.67. The van der Waals surface area contributed by atoms with Crippen LogP contribution in [0.25, 0.3) is 0 Å². The van der Waals surface area contributed by atoms with Gasteiger partial charge in [-0.25, -0.2) is 4.79 Å². The molecule has 0 unspecified atom stereocenters. The quantitative estimate of drug-likeness (QED) is 0.332. The zero-order valence-corrected chi connectivity index (χ0v) is 16.5. The van der Waals surface area contributed by atoms with Crippen molar-refractivity contribution in [3.8, 4) is 0 Å². The molecule has 0 saturated carbocycles. The fourth-order valence-corrected chi connectivity index (χ4v) is 3.21. The fourth-order valence-electron chi connectivity index (χ4n) is 3.21. The number of hydrogen-bond acceptors (Lipinski definition) is 5. The summed E-state index contributed by atoms with van der Waals surface area (Å²) in [4.78, 5) is 37.4. The molecule has 0 spiro atoms. The van der Waals surface area contributed by atoms with Crippen molar-refractivity contribution >= 4 is 17.7 Å². The molecule has 1 fully saturated rings. The first-order valence-electron chi connectivity index (χ1n) is 9.79. The summed E-state index contributed by atoms with van der Waals surface area (Å²) in [6.45, 7) is 1.03. The van der Waals surface area contributed by atoms with Crippen LogP contribution in [0, 0.1) is 0 Å². The number of ketones is 1. The van der Waals surface area contributed by atoms with Crippen LogP contribution in [-0.2, 0) is 30.3 Å². The van der Waals surface area contributed by atoms with E-state index in [1.54, 1.807) is 6.08 Å². The van der Waals surface area contributed by atoms with E-state index in [0.717, 1.165) is 31.2 Å². The van der Waals surface area contributed by atoms with E-state index in [1.165, 1.54) is 7.11 Å². The van der Waals surface area contributed by atoms with E-state index in [2.05, 4.69) is 4.74 Å². The highest BCUT2D eigenvalue weighted by Crippen LogP contribution is 2.20. The minimum absolute atomic E-state index is 0.0306. The van der Waals surface area contributed by atoms with Crippen LogP contribution in [-0.4, -0.2) is 55.5 Å². The lowest BCUT2D eigenvalue weighted by molar-refractivity contribution is -0.145. The van der Waals surface area contributed by atoms with E-state index < -0.39 is 5.97 Å². The fraction of sp³-hybridized carbons (Fsp3) is 0.500. The molecule has 28 heavy (non-hydrogen) atoms. The molecule has 1 aliphatic heterocycles. The average molecular weight is 387 g/mol. The topological polar surface area (TPSA) is 72.9 Å². The van der Waals surface area contributed by atoms with Crippen LogP contribution >= 0.6 is 0 Å². The Kier molecular flexibility index (Phi) is 9.42. The second-order valence-electron chi connectivity index (χ2n) is 6.87. The normalized spacial score (nSPS) is 17.1. The molecule has 152 valence electrons. The molecular formula is C22H29NO5. The van der Waals surface area contributed by atoms with Gasteiger partial charge in [0, 0.05) is 26.0 Å². The van der Waals surface area contributed by atoms with E-state index in [-0.39, 0.29) is 24.3 Å². The molecule has 1 aliphatic rings. The summed E-state index contributed by atoms with van der Waals surface area (Å²) in [5.41, 5.74) is 0.987. The van der Waals surface area contributed by atoms with Crippen LogP contribution in [0.3, 0.4) is 0 Å². The number of carbonyl (C=O) groups excluding carboxylic acids is 3. The number of amides is 1. The summed E-state index contributed by atoms with van der Waals surface area (Å²) in [6, 6.07) is 9.60. The highest BCUT2D eigenvalue weighted by molar-refractivity contribution is 5.91. The van der Waals surface area contributed by atoms with Crippen LogP contribution in [0.2, 0.25) is 0 Å². The molecule has 1 saturated heterocycles. The number of ether oxygens (including phenoxy) is 2. The van der Waals surface area contributed by atoms with Crippen molar-refractivity contribution in [2.24, 2.45) is 0 Å². The molecule has 0 aliphatic carbocycles. The number of unbranched alkanes of at least 4 members (excludes halogenated alkanes) is 1. The van der Waals surface area contributed by atoms with Crippen molar-refractivity contribution in [3.05, 3.63) is 48.0 Å². The Bertz CT molecular complexity index is 671. The Morgan fingerprint density at radius 2 is 2.00 bits per heavy atom. The van der Waals surface area contributed by atoms with Gasteiger partial charge in [-0.2, -0.15) is 0 Å². The van der Waals surface area contributed by atoms with Crippen molar-refractivity contribution in [1.82, 2.24) is 4.90 Å². The summed E-state index contributed by atoms with van der Waals surface area (Å²) < 4.78 is 9.74. The molecule has 1 heterocycles. The summed E-state index contributed by atoms with van der Waals surface area (Å²) >= 11 is 0. The van der Waals surface area contributed by atoms with E-state index in [0.29, 0.717) is 26.0 Å². The predicted molar refractivity (Wildman–Crippen MR) is 106 cm³/mol. The highest BCUT2D eigenvalue weighted by Gasteiger charge is 2.25. The first-order valence-corrected chi connectivity index (χ1v) is 9.79. The highest BCUT2D eigenvalue weighted by atomic mass is 16.6. The number of nitrogens with zero attached hydrogens (tertiary/aromatic N) is 1. The van der Waals surface area contributed by atoms with Gasteiger partial charge >= 0.3 is 5.97 Å². The van der Waals surface area contributed by atoms with Gasteiger partial charge < -0.3 is 14.4 Å². The standard InChI is InChI=1S/C22H29NO5/c1-27-22(26)17-28-15-6-5-14-23-19(10-7-11-21(23)25)12-13-20(24)16-18-8-3-2-4-9-18/h2-4,8-9,12-13,19H,5-7,10-11,14-17H2,1H3/t19-/m1/s1. The Morgan fingerprint density at radius 3 is 2.75 bits per heavy atom. The number of piperidine rings is 1. The van der Waals surface area contributed by atoms with Gasteiger partial charge in [0.15, 0.2) is 5.78 Å². The molecule has 1 aromatic carbocycles. The number of carbonyl (C=O) groups is 3. The molecular weight excluding hydrogens is 358 g/mol. The van der Waals surface area contributed by atoms with Gasteiger partial charge in [-0.1, -0.05) is 36.4 Å². The number of hydrogen-bond donors (Lipinski definition) is 0. The summed E-state index contributed by atoms with van der Waals surface area (Å²) in [7, 11) is 1.33. The number of benzene rings is 1. The largest absolute Gasteiger partial charge is 0.467 e. The Labute approximate surface area is 166 Å². The maximum atomic E-state index is 12.3. The van der Waals surface area contributed by atoms with E-state index in [1.807, 2.05) is 41.3 Å². The van der Waals surface area contributed by atoms with Crippen molar-refractivity contribution in [3.63, 3.8) is 0 Å². The molecule has 6 heteroatoms. The number of esters is 1. The first kappa shape index (κ1) is 21.8. The van der Waals surface area contributed by atoms with Crippen molar-refractivity contribution in [2.45, 2.75) is 44.6 Å². The van der Waals surface area contributed by atoms with Crippen LogP contribution in [0.4, 0.5) is 0 Å². The Hall–Kier alpha value is -2.47. The molecule has 6 nitrogen and oxygen atoms in total. The van der Waals surface area contributed by atoms with Crippen LogP contribution < -0.4 is 0 Å². The smallest absolute Gasteiger partial charge is 0.331 e. The lowest BCUT2D eigenvalue weighted by atomic mass is 9.99. The average Bonchev–Trinajstić information content (AvgIpc) is 2.70. The molecule has 1 atom stereocenters. The monoisotopic (exact) mass is 387 g/mol. The van der Waals surface area contributed by atoms with Gasteiger partial charge in [0.2, 0.25) is 5.91 Å². The van der Waals surface area contributed by atoms with Crippen molar-refractivity contribution in [2.75, 3.05) is 26.9 Å². The van der Waals surface area contributed by atoms with Gasteiger partial charge in [0.1, 0.15) is 6.61 Å². The van der Waals surface area contributed by atoms with Gasteiger partial charge in [0.05, 0.1) is 13.2 Å². The van der Waals surface area contributed by atoms with Gasteiger partial charge in [-0.05, 0) is 37.3 Å². The van der Waals surface area contributed by atoms with Gasteiger partial charge in [0.25, 0.3) is 0 Å². The SMILES string of the molecule is COC(=O)COCCCCN1C(=O)CCC[C@@H]1C=CC(=O)Cc1ccccc1. The van der Waals surface area contributed by atoms with E-state index in [4.69, 9.17) is 4.74 Å². The third kappa shape index (κ3) is 7.64. The lowest BCUT2D eigenvalue weighted by Crippen LogP contribution is -2.43. The van der Waals surface area contributed by atoms with Crippen LogP contribution in [0.1, 0.15) is 37.7 Å². The molecule has 0 aromatic heterocycles. The van der Waals surface area contributed by atoms with Crippen molar-refractivity contribution < 1.29 is 23.9 Å². The second kappa shape index (κ2) is 12.1. The molecule has 0 N–H and O–H groups in total. The van der Waals surface area contributed by atoms with E-state index in [9.17, 15) is 14.4 Å². The predicted octanol–water partition coefficient (Wildman–Crippen LogP) is 2.71. The number of rotatable bonds is 11. The number of likely N-dealkylation sites (tertiary alicyclic amines) is 1. The zero-order chi connectivity index (χ0) is 20.2. The lowest BCUT2D eigenvalue weighted by Gasteiger charge is -2.34. The Balaban J connectivity index is 1.78. The van der Waals surface area contributed by atoms with Gasteiger partial charge in [-0.15, -0.1) is 0 Å². The molecule has 0 radical (unpaired) electrons. The second-order valence-corrected chi connectivity index (χ2v) is 6.87. The zero-order valence-electron chi connectivity index (χ0n) is 16.5. The summed E-state index contributed by atoms with van der Waals surface area (Å²) in [5, 5.41) is 0. The first-order chi connectivity index (χ1) is 13.6. The van der Waals surface area contributed by atoms with E-state index >= 15 is 0 Å². The minimum Gasteiger partial charge on any atom is -0.467 e. The van der Waals surface area contributed by atoms with Crippen LogP contribution in [0.5, 0.6) is 0 Å². The minimum atomic E-state index is -0.392. The van der Waals surface area contributed by atoms with Gasteiger partial charge in [-0.3, -0.25) is 9.59 Å². The number of methoxy groups -OCH3 is 1. The summed E-state index contributed by atoms with van der Waals surface area (Å²) in [5.74, 6) is -0.219. The maximum absolute atomic E-state index is 12.3. The maximum Gasteiger partial charge on any atom is 0.331 e. The third-order valence-electron chi connectivity index (χ3n) is 4.72. The molecule has 1 amide bonds. The molecule has 1 aromatic rings. The third-order valence-corrected chi connectivity index (χ3v) is 4.72. The molecule has 2 rings (SSSR count).